The average molecular weight is 599 g/mol. The molecule has 1 saturated heterocycles. The van der Waals surface area contributed by atoms with Gasteiger partial charge < -0.3 is 37.1 Å². The van der Waals surface area contributed by atoms with Crippen molar-refractivity contribution in [1.82, 2.24) is 15.1 Å². The quantitative estimate of drug-likeness (QED) is 0.237. The minimum Gasteiger partial charge on any atom is -0.457 e. The maximum atomic E-state index is 14.0. The van der Waals surface area contributed by atoms with Crippen molar-refractivity contribution >= 4 is 44.7 Å². The van der Waals surface area contributed by atoms with Gasteiger partial charge in [0.25, 0.3) is 5.91 Å². The Hall–Kier alpha value is -4.29. The smallest absolute Gasteiger partial charge is 0.262 e. The van der Waals surface area contributed by atoms with E-state index in [1.807, 2.05) is 49.3 Å². The van der Waals surface area contributed by atoms with Crippen LogP contribution in [0.2, 0.25) is 0 Å². The third-order valence-electron chi connectivity index (χ3n) is 8.14. The van der Waals surface area contributed by atoms with Crippen molar-refractivity contribution in [3.63, 3.8) is 0 Å². The second-order valence-electron chi connectivity index (χ2n) is 11.4. The first-order valence-electron chi connectivity index (χ1n) is 14.1. The summed E-state index contributed by atoms with van der Waals surface area (Å²) >= 11 is 1.21. The Labute approximate surface area is 253 Å². The number of benzene rings is 3. The van der Waals surface area contributed by atoms with Crippen LogP contribution in [-0.4, -0.2) is 67.2 Å². The van der Waals surface area contributed by atoms with Crippen LogP contribution < -0.4 is 27.3 Å². The van der Waals surface area contributed by atoms with Crippen molar-refractivity contribution in [3.05, 3.63) is 88.3 Å². The molecule has 4 aromatic rings. The summed E-state index contributed by atoms with van der Waals surface area (Å²) in [6, 6.07) is 18.5. The first kappa shape index (κ1) is 28.8. The SMILES string of the molecule is CN(C)CC(=O)N1CCC(NC(=O)c2sc3c(N)ccc4c3c2C(N)C(=O)C4(N)c2ccc(Oc3ccccc3)cc2)C1. The minimum atomic E-state index is -1.56. The molecular weight excluding hydrogens is 564 g/mol. The maximum absolute atomic E-state index is 14.0. The summed E-state index contributed by atoms with van der Waals surface area (Å²) in [6.07, 6.45) is 0.638. The molecule has 6 rings (SSSR count). The molecule has 3 aromatic carbocycles. The largest absolute Gasteiger partial charge is 0.457 e. The Balaban J connectivity index is 1.32. The zero-order valence-corrected chi connectivity index (χ0v) is 24.8. The van der Waals surface area contributed by atoms with Gasteiger partial charge in [-0.1, -0.05) is 36.4 Å². The lowest BCUT2D eigenvalue weighted by Gasteiger charge is -2.36. The molecule has 0 saturated carbocycles. The molecule has 11 heteroatoms. The summed E-state index contributed by atoms with van der Waals surface area (Å²) in [7, 11) is 3.69. The number of likely N-dealkylation sites (N-methyl/N-ethyl adjacent to an activating group) is 1. The first-order valence-corrected chi connectivity index (χ1v) is 14.9. The number of nitrogens with two attached hydrogens (primary N) is 3. The van der Waals surface area contributed by atoms with E-state index < -0.39 is 17.4 Å². The number of nitrogens with one attached hydrogen (secondary N) is 1. The lowest BCUT2D eigenvalue weighted by atomic mass is 9.70. The maximum Gasteiger partial charge on any atom is 0.262 e. The Morgan fingerprint density at radius 3 is 2.47 bits per heavy atom. The number of ketones is 1. The standard InChI is InChI=1S/C32H34N6O4S/c1-37(2)17-24(39)38-15-14-19(16-38)36-31(41)29-26-25-22(12-13-23(33)28(25)43-29)32(35,30(40)27(26)34)18-8-10-21(11-9-18)42-20-6-4-3-5-7-20/h3-13,19,27H,14-17,33-35H2,1-2H3,(H,36,41). The fourth-order valence-electron chi connectivity index (χ4n) is 5.98. The molecule has 43 heavy (non-hydrogen) atoms. The Morgan fingerprint density at radius 1 is 1.07 bits per heavy atom. The highest BCUT2D eigenvalue weighted by Gasteiger charge is 2.49. The predicted molar refractivity (Wildman–Crippen MR) is 167 cm³/mol. The molecule has 3 unspecified atom stereocenters. The van der Waals surface area contributed by atoms with Crippen LogP contribution in [0.4, 0.5) is 5.69 Å². The number of hydrogen-bond donors (Lipinski definition) is 4. The van der Waals surface area contributed by atoms with E-state index in [1.165, 1.54) is 11.3 Å². The van der Waals surface area contributed by atoms with E-state index >= 15 is 0 Å². The molecule has 1 aliphatic heterocycles. The van der Waals surface area contributed by atoms with Crippen LogP contribution in [0.25, 0.3) is 10.1 Å². The molecule has 222 valence electrons. The number of para-hydroxylation sites is 1. The van der Waals surface area contributed by atoms with Gasteiger partial charge in [-0.3, -0.25) is 14.4 Å². The number of Topliss-reactive ketones (excluding diaryl/α,β-unsaturated/α-hetero) is 1. The predicted octanol–water partition coefficient (Wildman–Crippen LogP) is 2.95. The van der Waals surface area contributed by atoms with E-state index in [4.69, 9.17) is 21.9 Å². The fourth-order valence-corrected chi connectivity index (χ4v) is 7.19. The number of carbonyl (C=O) groups excluding carboxylic acids is 3. The molecule has 2 amide bonds. The van der Waals surface area contributed by atoms with E-state index in [-0.39, 0.29) is 17.9 Å². The van der Waals surface area contributed by atoms with Crippen molar-refractivity contribution in [1.29, 1.82) is 0 Å². The zero-order valence-electron chi connectivity index (χ0n) is 24.0. The molecule has 1 aliphatic carbocycles. The molecular formula is C32H34N6O4S. The number of hydrogen-bond acceptors (Lipinski definition) is 9. The van der Waals surface area contributed by atoms with Gasteiger partial charge in [-0.25, -0.2) is 0 Å². The highest BCUT2D eigenvalue weighted by Crippen LogP contribution is 2.49. The fraction of sp³-hybridized carbons (Fsp3) is 0.281. The van der Waals surface area contributed by atoms with Gasteiger partial charge in [0.1, 0.15) is 17.0 Å². The number of amides is 2. The monoisotopic (exact) mass is 598 g/mol. The lowest BCUT2D eigenvalue weighted by Crippen LogP contribution is -2.52. The molecule has 0 radical (unpaired) electrons. The van der Waals surface area contributed by atoms with Crippen LogP contribution in [0.3, 0.4) is 0 Å². The molecule has 3 atom stereocenters. The third-order valence-corrected chi connectivity index (χ3v) is 9.39. The number of rotatable bonds is 7. The molecule has 0 bridgehead atoms. The van der Waals surface area contributed by atoms with Crippen LogP contribution in [0, 0.1) is 0 Å². The molecule has 2 aliphatic rings. The highest BCUT2D eigenvalue weighted by atomic mass is 32.1. The van der Waals surface area contributed by atoms with Gasteiger partial charge >= 0.3 is 0 Å². The summed E-state index contributed by atoms with van der Waals surface area (Å²) in [5.74, 6) is 0.536. The van der Waals surface area contributed by atoms with Crippen LogP contribution in [0.1, 0.15) is 38.8 Å². The van der Waals surface area contributed by atoms with Gasteiger partial charge in [0, 0.05) is 35.8 Å². The highest BCUT2D eigenvalue weighted by molar-refractivity contribution is 7.21. The van der Waals surface area contributed by atoms with Crippen LogP contribution in [0.5, 0.6) is 11.5 Å². The summed E-state index contributed by atoms with van der Waals surface area (Å²) in [4.78, 5) is 44.1. The van der Waals surface area contributed by atoms with E-state index in [0.29, 0.717) is 74.9 Å². The average Bonchev–Trinajstić information content (AvgIpc) is 3.62. The number of carbonyl (C=O) groups is 3. The van der Waals surface area contributed by atoms with Crippen molar-refractivity contribution in [2.75, 3.05) is 39.5 Å². The van der Waals surface area contributed by atoms with Crippen molar-refractivity contribution < 1.29 is 19.1 Å². The van der Waals surface area contributed by atoms with E-state index in [9.17, 15) is 14.4 Å². The number of nitrogens with zero attached hydrogens (tertiary/aromatic N) is 2. The van der Waals surface area contributed by atoms with Gasteiger partial charge in [0.2, 0.25) is 5.91 Å². The number of ether oxygens (including phenoxy) is 1. The van der Waals surface area contributed by atoms with Gasteiger partial charge in [-0.2, -0.15) is 0 Å². The number of thiophene rings is 1. The first-order chi connectivity index (χ1) is 20.6. The number of anilines is 1. The van der Waals surface area contributed by atoms with Gasteiger partial charge in [0.15, 0.2) is 5.78 Å². The van der Waals surface area contributed by atoms with Gasteiger partial charge in [-0.05, 0) is 62.0 Å². The van der Waals surface area contributed by atoms with E-state index in [2.05, 4.69) is 5.32 Å². The van der Waals surface area contributed by atoms with Crippen molar-refractivity contribution in [2.45, 2.75) is 24.0 Å². The number of likely N-dealkylation sites (tertiary alicyclic amines) is 1. The van der Waals surface area contributed by atoms with Crippen molar-refractivity contribution in [2.24, 2.45) is 11.5 Å². The van der Waals surface area contributed by atoms with Gasteiger partial charge in [-0.15, -0.1) is 11.3 Å². The summed E-state index contributed by atoms with van der Waals surface area (Å²) in [5, 5.41) is 3.70. The molecule has 2 heterocycles. The van der Waals surface area contributed by atoms with Crippen LogP contribution in [-0.2, 0) is 15.1 Å². The number of nitrogen functional groups attached to an aromatic ring is 1. The Kier molecular flexibility index (Phi) is 7.43. The lowest BCUT2D eigenvalue weighted by molar-refractivity contribution is -0.130. The molecule has 1 aromatic heterocycles. The Bertz CT molecular complexity index is 1720. The second kappa shape index (κ2) is 11.1. The summed E-state index contributed by atoms with van der Waals surface area (Å²) < 4.78 is 6.58. The van der Waals surface area contributed by atoms with Crippen LogP contribution >= 0.6 is 11.3 Å². The molecule has 1 fully saturated rings. The topological polar surface area (TPSA) is 157 Å². The van der Waals surface area contributed by atoms with Crippen LogP contribution in [0.15, 0.2) is 66.7 Å². The van der Waals surface area contributed by atoms with E-state index in [0.717, 1.165) is 0 Å². The minimum absolute atomic E-state index is 0.0164. The summed E-state index contributed by atoms with van der Waals surface area (Å²) in [5.41, 5.74) is 20.4. The van der Waals surface area contributed by atoms with Crippen molar-refractivity contribution in [3.8, 4) is 11.5 Å². The van der Waals surface area contributed by atoms with E-state index in [1.54, 1.807) is 41.3 Å². The molecule has 0 spiro atoms. The molecule has 10 nitrogen and oxygen atoms in total. The third kappa shape index (κ3) is 5.04. The molecule has 7 N–H and O–H groups in total. The summed E-state index contributed by atoms with van der Waals surface area (Å²) in [6.45, 7) is 1.30. The second-order valence-corrected chi connectivity index (χ2v) is 12.4. The van der Waals surface area contributed by atoms with Gasteiger partial charge in [0.05, 0.1) is 22.2 Å². The Morgan fingerprint density at radius 2 is 1.77 bits per heavy atom. The zero-order chi connectivity index (χ0) is 30.5. The normalized spacial score (nSPS) is 21.4.